The minimum atomic E-state index is -0.218. The summed E-state index contributed by atoms with van der Waals surface area (Å²) < 4.78 is 5.11. The first-order valence-electron chi connectivity index (χ1n) is 7.67. The Kier molecular flexibility index (Phi) is 5.27. The topological polar surface area (TPSA) is 50.4 Å². The number of amides is 2. The quantitative estimate of drug-likeness (QED) is 0.883. The highest BCUT2D eigenvalue weighted by molar-refractivity contribution is 5.89. The molecule has 4 heteroatoms. The van der Waals surface area contributed by atoms with Gasteiger partial charge < -0.3 is 15.4 Å². The third kappa shape index (κ3) is 5.02. The van der Waals surface area contributed by atoms with Gasteiger partial charge in [0, 0.05) is 12.2 Å². The summed E-state index contributed by atoms with van der Waals surface area (Å²) in [6.07, 6.45) is 0. The SMILES string of the molecule is COc1ccc(CNC(=O)Nc2ccc(C(C)(C)C)cc2)cc1. The van der Waals surface area contributed by atoms with Crippen molar-refractivity contribution < 1.29 is 9.53 Å². The van der Waals surface area contributed by atoms with Gasteiger partial charge in [0.25, 0.3) is 0 Å². The molecule has 0 heterocycles. The molecule has 0 atom stereocenters. The van der Waals surface area contributed by atoms with E-state index in [2.05, 4.69) is 31.4 Å². The zero-order valence-corrected chi connectivity index (χ0v) is 14.1. The number of hydrogen-bond acceptors (Lipinski definition) is 2. The third-order valence-electron chi connectivity index (χ3n) is 3.62. The van der Waals surface area contributed by atoms with Crippen LogP contribution in [0.25, 0.3) is 0 Å². The molecule has 0 aliphatic carbocycles. The predicted molar refractivity (Wildman–Crippen MR) is 94.0 cm³/mol. The lowest BCUT2D eigenvalue weighted by Crippen LogP contribution is -2.28. The molecule has 23 heavy (non-hydrogen) atoms. The summed E-state index contributed by atoms with van der Waals surface area (Å²) in [5, 5.41) is 5.68. The Labute approximate surface area is 137 Å². The van der Waals surface area contributed by atoms with Gasteiger partial charge in [0.05, 0.1) is 7.11 Å². The first-order chi connectivity index (χ1) is 10.9. The molecule has 0 aliphatic rings. The number of hydrogen-bond donors (Lipinski definition) is 2. The predicted octanol–water partition coefficient (Wildman–Crippen LogP) is 4.31. The van der Waals surface area contributed by atoms with Gasteiger partial charge in [0.1, 0.15) is 5.75 Å². The molecule has 2 aromatic carbocycles. The molecule has 0 unspecified atom stereocenters. The molecule has 0 aliphatic heterocycles. The smallest absolute Gasteiger partial charge is 0.319 e. The summed E-state index contributed by atoms with van der Waals surface area (Å²) in [4.78, 5) is 11.9. The van der Waals surface area contributed by atoms with Crippen molar-refractivity contribution in [2.24, 2.45) is 0 Å². The van der Waals surface area contributed by atoms with Gasteiger partial charge in [-0.15, -0.1) is 0 Å². The fraction of sp³-hybridized carbons (Fsp3) is 0.316. The zero-order valence-electron chi connectivity index (χ0n) is 14.1. The number of methoxy groups -OCH3 is 1. The molecule has 0 radical (unpaired) electrons. The Morgan fingerprint density at radius 3 is 2.13 bits per heavy atom. The Bertz CT molecular complexity index is 641. The van der Waals surface area contributed by atoms with Gasteiger partial charge >= 0.3 is 6.03 Å². The highest BCUT2D eigenvalue weighted by atomic mass is 16.5. The molecule has 0 bridgehead atoms. The van der Waals surface area contributed by atoms with E-state index in [1.807, 2.05) is 48.5 Å². The second-order valence-corrected chi connectivity index (χ2v) is 6.48. The fourth-order valence-corrected chi connectivity index (χ4v) is 2.15. The van der Waals surface area contributed by atoms with E-state index in [1.54, 1.807) is 7.11 Å². The number of rotatable bonds is 4. The van der Waals surface area contributed by atoms with Crippen LogP contribution in [0.15, 0.2) is 48.5 Å². The van der Waals surface area contributed by atoms with Crippen LogP contribution < -0.4 is 15.4 Å². The summed E-state index contributed by atoms with van der Waals surface area (Å²) in [7, 11) is 1.63. The Morgan fingerprint density at radius 2 is 1.61 bits per heavy atom. The van der Waals surface area contributed by atoms with Crippen LogP contribution in [-0.2, 0) is 12.0 Å². The Balaban J connectivity index is 1.86. The molecule has 2 aromatic rings. The summed E-state index contributed by atoms with van der Waals surface area (Å²) in [6, 6.07) is 15.3. The van der Waals surface area contributed by atoms with E-state index in [-0.39, 0.29) is 11.4 Å². The third-order valence-corrected chi connectivity index (χ3v) is 3.62. The highest BCUT2D eigenvalue weighted by Crippen LogP contribution is 2.23. The average Bonchev–Trinajstić information content (AvgIpc) is 2.53. The lowest BCUT2D eigenvalue weighted by molar-refractivity contribution is 0.251. The lowest BCUT2D eigenvalue weighted by atomic mass is 9.87. The van der Waals surface area contributed by atoms with Crippen LogP contribution in [0.3, 0.4) is 0 Å². The molecule has 0 saturated carbocycles. The van der Waals surface area contributed by atoms with Crippen LogP contribution in [0.5, 0.6) is 5.75 Å². The van der Waals surface area contributed by atoms with Gasteiger partial charge in [-0.25, -0.2) is 4.79 Å². The second kappa shape index (κ2) is 7.18. The fourth-order valence-electron chi connectivity index (χ4n) is 2.15. The van der Waals surface area contributed by atoms with Gasteiger partial charge in [0.15, 0.2) is 0 Å². The molecule has 122 valence electrons. The molecule has 0 spiro atoms. The number of carbonyl (C=O) groups is 1. The van der Waals surface area contributed by atoms with E-state index in [4.69, 9.17) is 4.74 Å². The summed E-state index contributed by atoms with van der Waals surface area (Å²) >= 11 is 0. The minimum absolute atomic E-state index is 0.106. The monoisotopic (exact) mass is 312 g/mol. The van der Waals surface area contributed by atoms with Crippen LogP contribution in [0, 0.1) is 0 Å². The van der Waals surface area contributed by atoms with Crippen LogP contribution in [0.1, 0.15) is 31.9 Å². The number of ether oxygens (including phenoxy) is 1. The van der Waals surface area contributed by atoms with Gasteiger partial charge in [-0.05, 0) is 40.8 Å². The summed E-state index contributed by atoms with van der Waals surface area (Å²) in [6.45, 7) is 6.96. The van der Waals surface area contributed by atoms with Crippen LogP contribution in [0.2, 0.25) is 0 Å². The second-order valence-electron chi connectivity index (χ2n) is 6.48. The van der Waals surface area contributed by atoms with Crippen LogP contribution >= 0.6 is 0 Å². The molecule has 2 N–H and O–H groups in total. The first-order valence-corrected chi connectivity index (χ1v) is 7.67. The van der Waals surface area contributed by atoms with E-state index in [1.165, 1.54) is 5.56 Å². The molecule has 0 aromatic heterocycles. The maximum atomic E-state index is 11.9. The number of benzene rings is 2. The van der Waals surface area contributed by atoms with Crippen LogP contribution in [-0.4, -0.2) is 13.1 Å². The van der Waals surface area contributed by atoms with Crippen molar-refractivity contribution in [1.29, 1.82) is 0 Å². The van der Waals surface area contributed by atoms with Crippen molar-refractivity contribution in [3.05, 3.63) is 59.7 Å². The van der Waals surface area contributed by atoms with Gasteiger partial charge in [-0.3, -0.25) is 0 Å². The molecular formula is C19H24N2O2. The molecule has 4 nitrogen and oxygen atoms in total. The summed E-state index contributed by atoms with van der Waals surface area (Å²) in [5.41, 5.74) is 3.14. The normalized spacial score (nSPS) is 11.0. The van der Waals surface area contributed by atoms with Crippen molar-refractivity contribution in [3.63, 3.8) is 0 Å². The number of anilines is 1. The molecule has 0 fully saturated rings. The standard InChI is InChI=1S/C19H24N2O2/c1-19(2,3)15-7-9-16(10-8-15)21-18(22)20-13-14-5-11-17(23-4)12-6-14/h5-12H,13H2,1-4H3,(H2,20,21,22). The van der Waals surface area contributed by atoms with E-state index < -0.39 is 0 Å². The molecule has 2 rings (SSSR count). The Hall–Kier alpha value is -2.49. The van der Waals surface area contributed by atoms with E-state index in [0.717, 1.165) is 17.0 Å². The van der Waals surface area contributed by atoms with Crippen LogP contribution in [0.4, 0.5) is 10.5 Å². The molecule has 0 saturated heterocycles. The van der Waals surface area contributed by atoms with Crippen molar-refractivity contribution in [2.75, 3.05) is 12.4 Å². The van der Waals surface area contributed by atoms with E-state index in [9.17, 15) is 4.79 Å². The van der Waals surface area contributed by atoms with Crippen molar-refractivity contribution in [3.8, 4) is 5.75 Å². The Morgan fingerprint density at radius 1 is 1.00 bits per heavy atom. The van der Waals surface area contributed by atoms with Crippen molar-refractivity contribution >= 4 is 11.7 Å². The van der Waals surface area contributed by atoms with E-state index in [0.29, 0.717) is 6.54 Å². The van der Waals surface area contributed by atoms with Gasteiger partial charge in [-0.2, -0.15) is 0 Å². The lowest BCUT2D eigenvalue weighted by Gasteiger charge is -2.19. The highest BCUT2D eigenvalue weighted by Gasteiger charge is 2.13. The number of nitrogens with one attached hydrogen (secondary N) is 2. The number of urea groups is 1. The van der Waals surface area contributed by atoms with Crippen molar-refractivity contribution in [1.82, 2.24) is 5.32 Å². The molecule has 2 amide bonds. The number of carbonyl (C=O) groups excluding carboxylic acids is 1. The van der Waals surface area contributed by atoms with Gasteiger partial charge in [0.2, 0.25) is 0 Å². The molecular weight excluding hydrogens is 288 g/mol. The maximum Gasteiger partial charge on any atom is 0.319 e. The maximum absolute atomic E-state index is 11.9. The summed E-state index contributed by atoms with van der Waals surface area (Å²) in [5.74, 6) is 0.803. The average molecular weight is 312 g/mol. The largest absolute Gasteiger partial charge is 0.497 e. The van der Waals surface area contributed by atoms with E-state index >= 15 is 0 Å². The van der Waals surface area contributed by atoms with Gasteiger partial charge in [-0.1, -0.05) is 45.0 Å². The zero-order chi connectivity index (χ0) is 16.9. The minimum Gasteiger partial charge on any atom is -0.497 e. The van der Waals surface area contributed by atoms with Crippen molar-refractivity contribution in [2.45, 2.75) is 32.7 Å². The first kappa shape index (κ1) is 16.9.